The van der Waals surface area contributed by atoms with Gasteiger partial charge in [-0.3, -0.25) is 10.1 Å². The third kappa shape index (κ3) is 2.44. The Kier molecular flexibility index (Phi) is 3.53. The molecule has 0 bridgehead atoms. The van der Waals surface area contributed by atoms with Crippen LogP contribution in [-0.4, -0.2) is 19.7 Å². The fourth-order valence-electron chi connectivity index (χ4n) is 1.75. The Labute approximate surface area is 115 Å². The summed E-state index contributed by atoms with van der Waals surface area (Å²) >= 11 is 6.07. The van der Waals surface area contributed by atoms with E-state index in [-0.39, 0.29) is 16.8 Å². The van der Waals surface area contributed by atoms with Crippen molar-refractivity contribution in [2.24, 2.45) is 0 Å². The molecule has 2 rings (SSSR count). The Hall–Kier alpha value is -1.95. The van der Waals surface area contributed by atoms with Crippen molar-refractivity contribution in [2.75, 3.05) is 0 Å². The van der Waals surface area contributed by atoms with E-state index < -0.39 is 4.92 Å². The standard InChI is InChI=1S/C12H13ClN4O2/c1-7(2)10-11(17(18)19)12(13)16(15-10)9-6-8(3)4-5-14-9/h4-7H,1-3H3. The van der Waals surface area contributed by atoms with Gasteiger partial charge in [0.25, 0.3) is 0 Å². The van der Waals surface area contributed by atoms with E-state index in [9.17, 15) is 10.1 Å². The molecule has 2 aromatic rings. The average Bonchev–Trinajstić information content (AvgIpc) is 2.67. The molecule has 7 heteroatoms. The van der Waals surface area contributed by atoms with Crippen LogP contribution in [0.2, 0.25) is 5.15 Å². The van der Waals surface area contributed by atoms with Gasteiger partial charge in [-0.25, -0.2) is 4.98 Å². The Bertz CT molecular complexity index is 637. The van der Waals surface area contributed by atoms with Crippen molar-refractivity contribution in [3.05, 3.63) is 44.9 Å². The first kappa shape index (κ1) is 13.5. The molecular weight excluding hydrogens is 268 g/mol. The molecule has 0 spiro atoms. The SMILES string of the molecule is Cc1ccnc(-n2nc(C(C)C)c([N+](=O)[O-])c2Cl)c1. The molecule has 0 N–H and O–H groups in total. The van der Waals surface area contributed by atoms with E-state index in [1.165, 1.54) is 4.68 Å². The van der Waals surface area contributed by atoms with Gasteiger partial charge >= 0.3 is 5.69 Å². The molecule has 0 saturated heterocycles. The van der Waals surface area contributed by atoms with Gasteiger partial charge in [-0.15, -0.1) is 0 Å². The number of nitrogens with zero attached hydrogens (tertiary/aromatic N) is 4. The van der Waals surface area contributed by atoms with Crippen LogP contribution in [-0.2, 0) is 0 Å². The fourth-order valence-corrected chi connectivity index (χ4v) is 2.04. The molecule has 0 aromatic carbocycles. The summed E-state index contributed by atoms with van der Waals surface area (Å²) in [4.78, 5) is 14.7. The van der Waals surface area contributed by atoms with E-state index in [4.69, 9.17) is 11.6 Å². The second-order valence-corrected chi connectivity index (χ2v) is 4.90. The summed E-state index contributed by atoms with van der Waals surface area (Å²) in [6, 6.07) is 3.60. The van der Waals surface area contributed by atoms with Crippen LogP contribution < -0.4 is 0 Å². The second kappa shape index (κ2) is 4.97. The zero-order valence-electron chi connectivity index (χ0n) is 10.8. The summed E-state index contributed by atoms with van der Waals surface area (Å²) in [5.41, 5.74) is 1.18. The van der Waals surface area contributed by atoms with E-state index in [2.05, 4.69) is 10.1 Å². The summed E-state index contributed by atoms with van der Waals surface area (Å²) in [5.74, 6) is 0.379. The van der Waals surface area contributed by atoms with Gasteiger partial charge in [0.15, 0.2) is 5.82 Å². The number of pyridine rings is 1. The monoisotopic (exact) mass is 280 g/mol. The molecule has 0 amide bonds. The summed E-state index contributed by atoms with van der Waals surface area (Å²) in [6.07, 6.45) is 1.61. The third-order valence-electron chi connectivity index (χ3n) is 2.68. The van der Waals surface area contributed by atoms with Gasteiger partial charge in [-0.2, -0.15) is 9.78 Å². The van der Waals surface area contributed by atoms with E-state index in [0.29, 0.717) is 11.5 Å². The largest absolute Gasteiger partial charge is 0.329 e. The normalized spacial score (nSPS) is 11.0. The highest BCUT2D eigenvalue weighted by molar-refractivity contribution is 6.32. The number of hydrogen-bond acceptors (Lipinski definition) is 4. The van der Waals surface area contributed by atoms with Crippen molar-refractivity contribution >= 4 is 17.3 Å². The van der Waals surface area contributed by atoms with Gasteiger partial charge in [0.2, 0.25) is 5.15 Å². The Balaban J connectivity index is 2.66. The minimum Gasteiger partial charge on any atom is -0.258 e. The quantitative estimate of drug-likeness (QED) is 0.639. The average molecular weight is 281 g/mol. The van der Waals surface area contributed by atoms with E-state index >= 15 is 0 Å². The first-order valence-electron chi connectivity index (χ1n) is 5.77. The zero-order chi connectivity index (χ0) is 14.2. The van der Waals surface area contributed by atoms with E-state index in [1.807, 2.05) is 26.8 Å². The molecule has 0 aliphatic rings. The van der Waals surface area contributed by atoms with Crippen molar-refractivity contribution < 1.29 is 4.92 Å². The molecule has 0 saturated carbocycles. The molecule has 0 radical (unpaired) electrons. The molecular formula is C12H13ClN4O2. The van der Waals surface area contributed by atoms with Crippen LogP contribution >= 0.6 is 11.6 Å². The number of halogens is 1. The molecule has 0 fully saturated rings. The van der Waals surface area contributed by atoms with Crippen LogP contribution in [0.1, 0.15) is 31.0 Å². The van der Waals surface area contributed by atoms with Crippen LogP contribution in [0, 0.1) is 17.0 Å². The minimum atomic E-state index is -0.503. The predicted molar refractivity (Wildman–Crippen MR) is 71.8 cm³/mol. The highest BCUT2D eigenvalue weighted by Crippen LogP contribution is 2.34. The third-order valence-corrected chi connectivity index (χ3v) is 3.02. The van der Waals surface area contributed by atoms with Crippen molar-refractivity contribution in [3.63, 3.8) is 0 Å². The number of aryl methyl sites for hydroxylation is 1. The van der Waals surface area contributed by atoms with E-state index in [0.717, 1.165) is 5.56 Å². The molecule has 0 aliphatic carbocycles. The molecule has 2 heterocycles. The van der Waals surface area contributed by atoms with Gasteiger partial charge < -0.3 is 0 Å². The van der Waals surface area contributed by atoms with Crippen LogP contribution in [0.25, 0.3) is 5.82 Å². The lowest BCUT2D eigenvalue weighted by molar-refractivity contribution is -0.385. The predicted octanol–water partition coefficient (Wildman–Crippen LogP) is 3.26. The molecule has 0 unspecified atom stereocenters. The van der Waals surface area contributed by atoms with Crippen molar-refractivity contribution in [3.8, 4) is 5.82 Å². The zero-order valence-corrected chi connectivity index (χ0v) is 11.5. The van der Waals surface area contributed by atoms with Gasteiger partial charge in [0.1, 0.15) is 5.69 Å². The number of aromatic nitrogens is 3. The van der Waals surface area contributed by atoms with Gasteiger partial charge in [0, 0.05) is 12.1 Å². The van der Waals surface area contributed by atoms with Crippen LogP contribution in [0.3, 0.4) is 0 Å². The molecule has 100 valence electrons. The lowest BCUT2D eigenvalue weighted by atomic mass is 10.1. The lowest BCUT2D eigenvalue weighted by Crippen LogP contribution is -2.01. The maximum atomic E-state index is 11.1. The Morgan fingerprint density at radius 2 is 2.16 bits per heavy atom. The summed E-state index contributed by atoms with van der Waals surface area (Å²) in [6.45, 7) is 5.57. The van der Waals surface area contributed by atoms with Crippen LogP contribution in [0.5, 0.6) is 0 Å². The van der Waals surface area contributed by atoms with Crippen LogP contribution in [0.4, 0.5) is 5.69 Å². The van der Waals surface area contributed by atoms with Crippen LogP contribution in [0.15, 0.2) is 18.3 Å². The van der Waals surface area contributed by atoms with Gasteiger partial charge in [-0.05, 0) is 24.6 Å². The Morgan fingerprint density at radius 3 is 2.63 bits per heavy atom. The molecule has 6 nitrogen and oxygen atoms in total. The lowest BCUT2D eigenvalue weighted by Gasteiger charge is -2.01. The molecule has 0 atom stereocenters. The van der Waals surface area contributed by atoms with Crippen molar-refractivity contribution in [1.29, 1.82) is 0 Å². The highest BCUT2D eigenvalue weighted by atomic mass is 35.5. The maximum Gasteiger partial charge on any atom is 0.329 e. The molecule has 2 aromatic heterocycles. The van der Waals surface area contributed by atoms with Gasteiger partial charge in [0.05, 0.1) is 4.92 Å². The summed E-state index contributed by atoms with van der Waals surface area (Å²) in [5, 5.41) is 15.3. The van der Waals surface area contributed by atoms with Crippen molar-refractivity contribution in [1.82, 2.24) is 14.8 Å². The minimum absolute atomic E-state index is 0.0215. The second-order valence-electron chi connectivity index (χ2n) is 4.54. The molecule has 19 heavy (non-hydrogen) atoms. The number of rotatable bonds is 3. The van der Waals surface area contributed by atoms with E-state index in [1.54, 1.807) is 12.3 Å². The maximum absolute atomic E-state index is 11.1. The number of nitro groups is 1. The smallest absolute Gasteiger partial charge is 0.258 e. The highest BCUT2D eigenvalue weighted by Gasteiger charge is 2.29. The first-order valence-corrected chi connectivity index (χ1v) is 6.15. The summed E-state index contributed by atoms with van der Waals surface area (Å²) in [7, 11) is 0. The summed E-state index contributed by atoms with van der Waals surface area (Å²) < 4.78 is 1.31. The topological polar surface area (TPSA) is 73.8 Å². The van der Waals surface area contributed by atoms with Gasteiger partial charge in [-0.1, -0.05) is 25.4 Å². The number of hydrogen-bond donors (Lipinski definition) is 0. The Morgan fingerprint density at radius 1 is 1.47 bits per heavy atom. The fraction of sp³-hybridized carbons (Fsp3) is 0.333. The van der Waals surface area contributed by atoms with Crippen molar-refractivity contribution in [2.45, 2.75) is 26.7 Å². The molecule has 0 aliphatic heterocycles. The first-order chi connectivity index (χ1) is 8.91.